The fraction of sp³-hybridized carbons (Fsp3) is 0.389. The zero-order chi connectivity index (χ0) is 20.8. The summed E-state index contributed by atoms with van der Waals surface area (Å²) < 4.78 is 43.7. The lowest BCUT2D eigenvalue weighted by atomic mass is 10.00. The average Bonchev–Trinajstić information content (AvgIpc) is 3.22. The highest BCUT2D eigenvalue weighted by Crippen LogP contribution is 2.32. The lowest BCUT2D eigenvalue weighted by Gasteiger charge is -2.37. The zero-order valence-electron chi connectivity index (χ0n) is 15.0. The van der Waals surface area contributed by atoms with Crippen LogP contribution < -0.4 is 0 Å². The van der Waals surface area contributed by atoms with Crippen molar-refractivity contribution in [1.29, 1.82) is 0 Å². The molecular weight excluding hydrogens is 393 g/mol. The molecule has 3 heterocycles. The largest absolute Gasteiger partial charge is 0.416 e. The molecule has 4 rings (SSSR count). The van der Waals surface area contributed by atoms with Crippen LogP contribution in [0.1, 0.15) is 30.2 Å². The fourth-order valence-corrected chi connectivity index (χ4v) is 3.23. The first-order valence-electron chi connectivity index (χ1n) is 8.84. The van der Waals surface area contributed by atoms with Gasteiger partial charge in [-0.05, 0) is 12.1 Å². The summed E-state index contributed by atoms with van der Waals surface area (Å²) in [5, 5.41) is 3.73. The number of benzene rings is 1. The Balaban J connectivity index is 1.38. The Kier molecular flexibility index (Phi) is 4.59. The lowest BCUT2D eigenvalue weighted by Crippen LogP contribution is -2.52. The Labute approximate surface area is 162 Å². The molecule has 2 saturated heterocycles. The van der Waals surface area contributed by atoms with E-state index < -0.39 is 11.7 Å². The number of hydrogen-bond acceptors (Lipinski definition) is 6. The molecule has 0 aliphatic carbocycles. The Bertz CT molecular complexity index is 965. The van der Waals surface area contributed by atoms with Crippen LogP contribution in [0.3, 0.4) is 0 Å². The van der Waals surface area contributed by atoms with Gasteiger partial charge in [-0.15, -0.1) is 0 Å². The van der Waals surface area contributed by atoms with E-state index in [1.165, 1.54) is 17.0 Å². The van der Waals surface area contributed by atoms with Gasteiger partial charge < -0.3 is 9.42 Å². The first-order chi connectivity index (χ1) is 13.7. The average molecular weight is 408 g/mol. The number of amides is 3. The van der Waals surface area contributed by atoms with Crippen molar-refractivity contribution in [3.8, 4) is 11.4 Å². The molecule has 0 unspecified atom stereocenters. The molecule has 0 N–H and O–H groups in total. The molecule has 2 aliphatic rings. The van der Waals surface area contributed by atoms with Crippen molar-refractivity contribution >= 4 is 17.7 Å². The van der Waals surface area contributed by atoms with Gasteiger partial charge >= 0.3 is 6.18 Å². The minimum atomic E-state index is -4.48. The molecule has 0 atom stereocenters. The van der Waals surface area contributed by atoms with E-state index in [1.807, 2.05) is 0 Å². The second kappa shape index (κ2) is 6.98. The number of likely N-dealkylation sites (tertiary alicyclic amines) is 2. The van der Waals surface area contributed by atoms with Crippen LogP contribution >= 0.6 is 0 Å². The van der Waals surface area contributed by atoms with Crippen LogP contribution in [-0.4, -0.2) is 57.3 Å². The number of hydrogen-bond donors (Lipinski definition) is 0. The van der Waals surface area contributed by atoms with Gasteiger partial charge in [-0.2, -0.15) is 18.2 Å². The first kappa shape index (κ1) is 19.1. The summed E-state index contributed by atoms with van der Waals surface area (Å²) in [6.07, 6.45) is -4.24. The highest BCUT2D eigenvalue weighted by molar-refractivity contribution is 6.04. The Morgan fingerprint density at radius 1 is 1.17 bits per heavy atom. The maximum atomic E-state index is 12.8. The van der Waals surface area contributed by atoms with E-state index in [0.717, 1.165) is 17.0 Å². The number of carbonyl (C=O) groups is 3. The van der Waals surface area contributed by atoms with E-state index in [9.17, 15) is 27.6 Å². The molecular formula is C18H15F3N4O4. The summed E-state index contributed by atoms with van der Waals surface area (Å²) in [4.78, 5) is 41.9. The third kappa shape index (κ3) is 3.71. The highest BCUT2D eigenvalue weighted by atomic mass is 19.4. The molecule has 8 nitrogen and oxygen atoms in total. The maximum Gasteiger partial charge on any atom is 0.416 e. The van der Waals surface area contributed by atoms with Gasteiger partial charge in [0.2, 0.25) is 29.4 Å². The number of imide groups is 1. The van der Waals surface area contributed by atoms with Crippen molar-refractivity contribution < 1.29 is 32.1 Å². The van der Waals surface area contributed by atoms with Gasteiger partial charge in [0.15, 0.2) is 0 Å². The predicted molar refractivity (Wildman–Crippen MR) is 90.0 cm³/mol. The molecule has 0 saturated carbocycles. The van der Waals surface area contributed by atoms with Gasteiger partial charge in [0, 0.05) is 31.5 Å². The normalized spacial score (nSPS) is 17.8. The number of alkyl halides is 3. The molecule has 3 amide bonds. The van der Waals surface area contributed by atoms with Crippen molar-refractivity contribution in [3.05, 3.63) is 35.7 Å². The van der Waals surface area contributed by atoms with Gasteiger partial charge in [0.25, 0.3) is 0 Å². The van der Waals surface area contributed by atoms with Gasteiger partial charge in [-0.25, -0.2) is 0 Å². The summed E-state index contributed by atoms with van der Waals surface area (Å²) in [6, 6.07) is 4.61. The number of carbonyl (C=O) groups excluding carboxylic acids is 3. The number of rotatable bonds is 4. The molecule has 11 heteroatoms. The monoisotopic (exact) mass is 408 g/mol. The molecule has 29 heavy (non-hydrogen) atoms. The molecule has 152 valence electrons. The van der Waals surface area contributed by atoms with E-state index in [1.54, 1.807) is 0 Å². The Morgan fingerprint density at radius 3 is 2.52 bits per heavy atom. The molecule has 0 spiro atoms. The minimum absolute atomic E-state index is 0.0316. The summed E-state index contributed by atoms with van der Waals surface area (Å²) in [6.45, 7) is 0.238. The van der Waals surface area contributed by atoms with Crippen molar-refractivity contribution in [1.82, 2.24) is 19.9 Å². The molecule has 1 aromatic carbocycles. The quantitative estimate of drug-likeness (QED) is 0.717. The molecule has 1 aromatic heterocycles. The van der Waals surface area contributed by atoms with Gasteiger partial charge in [0.1, 0.15) is 6.54 Å². The zero-order valence-corrected chi connectivity index (χ0v) is 15.0. The SMILES string of the molecule is O=C(CN1C(=O)CCC1=O)N1CC(c2nc(-c3cccc(C(F)(F)F)c3)no2)C1. The maximum absolute atomic E-state index is 12.8. The number of halogens is 3. The molecule has 2 fully saturated rings. The summed E-state index contributed by atoms with van der Waals surface area (Å²) in [7, 11) is 0. The van der Waals surface area contributed by atoms with Gasteiger partial charge in [-0.3, -0.25) is 19.3 Å². The molecule has 0 bridgehead atoms. The van der Waals surface area contributed by atoms with Crippen molar-refractivity contribution in [2.75, 3.05) is 19.6 Å². The number of aromatic nitrogens is 2. The fourth-order valence-electron chi connectivity index (χ4n) is 3.23. The van der Waals surface area contributed by atoms with E-state index in [2.05, 4.69) is 10.1 Å². The second-order valence-corrected chi connectivity index (χ2v) is 6.90. The summed E-state index contributed by atoms with van der Waals surface area (Å²) in [5.74, 6) is -1.08. The van der Waals surface area contributed by atoms with Crippen LogP contribution in [0.5, 0.6) is 0 Å². The van der Waals surface area contributed by atoms with E-state index in [0.29, 0.717) is 0 Å². The van der Waals surface area contributed by atoms with Crippen molar-refractivity contribution in [3.63, 3.8) is 0 Å². The Hall–Kier alpha value is -3.24. The van der Waals surface area contributed by atoms with Crippen LogP contribution in [0.2, 0.25) is 0 Å². The third-order valence-electron chi connectivity index (χ3n) is 4.92. The van der Waals surface area contributed by atoms with E-state index in [4.69, 9.17) is 4.52 Å². The van der Waals surface area contributed by atoms with Gasteiger partial charge in [0.05, 0.1) is 11.5 Å². The number of nitrogens with zero attached hydrogens (tertiary/aromatic N) is 4. The summed E-state index contributed by atoms with van der Waals surface area (Å²) >= 11 is 0. The minimum Gasteiger partial charge on any atom is -0.339 e. The topological polar surface area (TPSA) is 96.6 Å². The Morgan fingerprint density at radius 2 is 1.86 bits per heavy atom. The smallest absolute Gasteiger partial charge is 0.339 e. The second-order valence-electron chi connectivity index (χ2n) is 6.90. The van der Waals surface area contributed by atoms with E-state index in [-0.39, 0.29) is 73.4 Å². The van der Waals surface area contributed by atoms with Gasteiger partial charge in [-0.1, -0.05) is 17.3 Å². The summed E-state index contributed by atoms with van der Waals surface area (Å²) in [5.41, 5.74) is -0.638. The molecule has 2 aromatic rings. The lowest BCUT2D eigenvalue weighted by molar-refractivity contribution is -0.147. The first-order valence-corrected chi connectivity index (χ1v) is 8.84. The van der Waals surface area contributed by atoms with E-state index >= 15 is 0 Å². The van der Waals surface area contributed by atoms with Crippen LogP contribution in [0, 0.1) is 0 Å². The van der Waals surface area contributed by atoms with Crippen LogP contribution in [-0.2, 0) is 20.6 Å². The van der Waals surface area contributed by atoms with Crippen LogP contribution in [0.4, 0.5) is 13.2 Å². The third-order valence-corrected chi connectivity index (χ3v) is 4.92. The standard InChI is InChI=1S/C18H15F3N4O4/c19-18(20,21)12-3-1-2-10(6-12)16-22-17(29-23-16)11-7-24(8-11)15(28)9-25-13(26)4-5-14(25)27/h1-3,6,11H,4-5,7-9H2. The van der Waals surface area contributed by atoms with Crippen LogP contribution in [0.25, 0.3) is 11.4 Å². The highest BCUT2D eigenvalue weighted by Gasteiger charge is 2.38. The molecule has 0 radical (unpaired) electrons. The predicted octanol–water partition coefficient (Wildman–Crippen LogP) is 1.83. The van der Waals surface area contributed by atoms with Crippen molar-refractivity contribution in [2.24, 2.45) is 0 Å². The molecule has 2 aliphatic heterocycles. The van der Waals surface area contributed by atoms with Crippen molar-refractivity contribution in [2.45, 2.75) is 24.9 Å². The van der Waals surface area contributed by atoms with Crippen LogP contribution in [0.15, 0.2) is 28.8 Å².